The highest BCUT2D eigenvalue weighted by molar-refractivity contribution is 6.06. The SMILES string of the molecule is CC1(C)[C@@]2(C(=O)O)[C@@H]3C[C@@]1(C)C(=O)[C@@H]32. The van der Waals surface area contributed by atoms with Gasteiger partial charge in [-0.3, -0.25) is 9.59 Å². The van der Waals surface area contributed by atoms with Gasteiger partial charge in [-0.2, -0.15) is 0 Å². The maximum Gasteiger partial charge on any atom is 0.311 e. The average molecular weight is 194 g/mol. The van der Waals surface area contributed by atoms with Crippen LogP contribution in [0.15, 0.2) is 0 Å². The van der Waals surface area contributed by atoms with Crippen LogP contribution in [0.3, 0.4) is 0 Å². The highest BCUT2D eigenvalue weighted by atomic mass is 16.4. The lowest BCUT2D eigenvalue weighted by Gasteiger charge is -2.35. The van der Waals surface area contributed by atoms with E-state index < -0.39 is 11.4 Å². The summed E-state index contributed by atoms with van der Waals surface area (Å²) in [6.45, 7) is 5.85. The minimum absolute atomic E-state index is 0.132. The van der Waals surface area contributed by atoms with E-state index >= 15 is 0 Å². The van der Waals surface area contributed by atoms with Crippen molar-refractivity contribution in [2.24, 2.45) is 28.1 Å². The number of ketones is 1. The van der Waals surface area contributed by atoms with Crippen LogP contribution in [-0.4, -0.2) is 16.9 Å². The van der Waals surface area contributed by atoms with Crippen LogP contribution in [-0.2, 0) is 9.59 Å². The summed E-state index contributed by atoms with van der Waals surface area (Å²) in [6.07, 6.45) is 0.788. The fourth-order valence-electron chi connectivity index (χ4n) is 4.44. The van der Waals surface area contributed by atoms with Crippen LogP contribution >= 0.6 is 0 Å². The summed E-state index contributed by atoms with van der Waals surface area (Å²) < 4.78 is 0. The van der Waals surface area contributed by atoms with Crippen LogP contribution in [0.25, 0.3) is 0 Å². The molecule has 0 spiro atoms. The molecule has 0 aliphatic heterocycles. The summed E-state index contributed by atoms with van der Waals surface area (Å²) in [5, 5.41) is 9.33. The summed E-state index contributed by atoms with van der Waals surface area (Å²) in [5.41, 5.74) is -1.45. The fraction of sp³-hybridized carbons (Fsp3) is 0.818. The number of hydrogen-bond donors (Lipinski definition) is 1. The van der Waals surface area contributed by atoms with Gasteiger partial charge < -0.3 is 5.11 Å². The molecule has 4 fully saturated rings. The quantitative estimate of drug-likeness (QED) is 0.685. The molecule has 4 aliphatic rings. The molecule has 0 aromatic carbocycles. The first-order valence-corrected chi connectivity index (χ1v) is 5.09. The molecule has 0 saturated heterocycles. The second kappa shape index (κ2) is 1.66. The highest BCUT2D eigenvalue weighted by Gasteiger charge is 2.94. The summed E-state index contributed by atoms with van der Waals surface area (Å²) in [7, 11) is 0. The monoisotopic (exact) mass is 194 g/mol. The van der Waals surface area contributed by atoms with Gasteiger partial charge in [0.1, 0.15) is 5.78 Å². The third-order valence-corrected chi connectivity index (χ3v) is 5.59. The van der Waals surface area contributed by atoms with Gasteiger partial charge in [0.2, 0.25) is 0 Å². The first-order valence-electron chi connectivity index (χ1n) is 5.09. The van der Waals surface area contributed by atoms with Gasteiger partial charge >= 0.3 is 5.97 Å². The fourth-order valence-corrected chi connectivity index (χ4v) is 4.44. The van der Waals surface area contributed by atoms with Gasteiger partial charge in [0.05, 0.1) is 5.41 Å². The van der Waals surface area contributed by atoms with E-state index in [1.54, 1.807) is 0 Å². The zero-order valence-electron chi connectivity index (χ0n) is 8.63. The molecule has 3 heteroatoms. The predicted molar refractivity (Wildman–Crippen MR) is 48.6 cm³/mol. The van der Waals surface area contributed by atoms with Gasteiger partial charge in [0.25, 0.3) is 0 Å². The third kappa shape index (κ3) is 0.421. The van der Waals surface area contributed by atoms with E-state index in [2.05, 4.69) is 0 Å². The Bertz CT molecular complexity index is 384. The first kappa shape index (κ1) is 8.45. The number of carboxylic acids is 1. The molecule has 4 aliphatic carbocycles. The summed E-state index contributed by atoms with van der Waals surface area (Å²) in [5.74, 6) is -0.588. The third-order valence-electron chi connectivity index (χ3n) is 5.59. The predicted octanol–water partition coefficient (Wildman–Crippen LogP) is 1.32. The summed E-state index contributed by atoms with van der Waals surface area (Å²) in [4.78, 5) is 23.3. The maximum atomic E-state index is 12.0. The normalized spacial score (nSPS) is 56.4. The molecule has 0 heterocycles. The van der Waals surface area contributed by atoms with E-state index in [0.717, 1.165) is 6.42 Å². The van der Waals surface area contributed by atoms with Crippen LogP contribution < -0.4 is 0 Å². The second-order valence-electron chi connectivity index (χ2n) is 5.78. The van der Waals surface area contributed by atoms with Crippen molar-refractivity contribution in [2.45, 2.75) is 27.2 Å². The molecule has 4 saturated carbocycles. The Morgan fingerprint density at radius 1 is 1.43 bits per heavy atom. The second-order valence-corrected chi connectivity index (χ2v) is 5.78. The van der Waals surface area contributed by atoms with Crippen LogP contribution in [0.5, 0.6) is 0 Å². The number of carbonyl (C=O) groups excluding carboxylic acids is 1. The smallest absolute Gasteiger partial charge is 0.311 e. The number of rotatable bonds is 1. The van der Waals surface area contributed by atoms with Crippen molar-refractivity contribution in [2.75, 3.05) is 0 Å². The molecule has 4 bridgehead atoms. The van der Waals surface area contributed by atoms with Crippen molar-refractivity contribution in [3.05, 3.63) is 0 Å². The summed E-state index contributed by atoms with van der Waals surface area (Å²) >= 11 is 0. The van der Waals surface area contributed by atoms with Crippen LogP contribution in [0, 0.1) is 28.1 Å². The molecule has 0 amide bonds. The molecule has 76 valence electrons. The van der Waals surface area contributed by atoms with Crippen molar-refractivity contribution in [1.82, 2.24) is 0 Å². The average Bonchev–Trinajstić information content (AvgIpc) is 2.53. The number of carbonyl (C=O) groups is 2. The zero-order chi connectivity index (χ0) is 10.5. The van der Waals surface area contributed by atoms with Crippen molar-refractivity contribution in [3.8, 4) is 0 Å². The lowest BCUT2D eigenvalue weighted by Crippen LogP contribution is -2.38. The molecule has 3 nitrogen and oxygen atoms in total. The van der Waals surface area contributed by atoms with E-state index in [0.29, 0.717) is 0 Å². The van der Waals surface area contributed by atoms with Crippen LogP contribution in [0.2, 0.25) is 0 Å². The molecule has 0 aromatic heterocycles. The number of Topliss-reactive ketones (excluding diaryl/α,β-unsaturated/α-hetero) is 1. The molecule has 0 radical (unpaired) electrons. The first-order chi connectivity index (χ1) is 6.32. The number of aliphatic carboxylic acids is 1. The van der Waals surface area contributed by atoms with Crippen LogP contribution in [0.4, 0.5) is 0 Å². The van der Waals surface area contributed by atoms with Crippen LogP contribution in [0.1, 0.15) is 27.2 Å². The van der Waals surface area contributed by atoms with Gasteiger partial charge in [-0.15, -0.1) is 0 Å². The van der Waals surface area contributed by atoms with Gasteiger partial charge in [-0.05, 0) is 17.8 Å². The minimum Gasteiger partial charge on any atom is -0.481 e. The Morgan fingerprint density at radius 3 is 2.14 bits per heavy atom. The molecule has 4 rings (SSSR count). The van der Waals surface area contributed by atoms with Crippen molar-refractivity contribution in [3.63, 3.8) is 0 Å². The van der Waals surface area contributed by atoms with E-state index in [4.69, 9.17) is 0 Å². The Labute approximate surface area is 82.5 Å². The van der Waals surface area contributed by atoms with Crippen molar-refractivity contribution in [1.29, 1.82) is 0 Å². The molecular weight excluding hydrogens is 180 g/mol. The maximum absolute atomic E-state index is 12.0. The lowest BCUT2D eigenvalue weighted by molar-refractivity contribution is -0.148. The van der Waals surface area contributed by atoms with Gasteiger partial charge in [-0.1, -0.05) is 20.8 Å². The largest absolute Gasteiger partial charge is 0.481 e. The van der Waals surface area contributed by atoms with Crippen molar-refractivity contribution < 1.29 is 14.7 Å². The van der Waals surface area contributed by atoms with Gasteiger partial charge in [0.15, 0.2) is 0 Å². The van der Waals surface area contributed by atoms with E-state index in [1.807, 2.05) is 20.8 Å². The molecule has 14 heavy (non-hydrogen) atoms. The summed E-state index contributed by atoms with van der Waals surface area (Å²) in [6, 6.07) is 0. The van der Waals surface area contributed by atoms with E-state index in [9.17, 15) is 14.7 Å². The van der Waals surface area contributed by atoms with E-state index in [1.165, 1.54) is 0 Å². The number of hydrogen-bond acceptors (Lipinski definition) is 2. The topological polar surface area (TPSA) is 54.4 Å². The number of carboxylic acid groups (broad SMARTS) is 1. The van der Waals surface area contributed by atoms with Gasteiger partial charge in [-0.25, -0.2) is 0 Å². The lowest BCUT2D eigenvalue weighted by atomic mass is 9.66. The highest BCUT2D eigenvalue weighted by Crippen LogP contribution is 2.88. The Morgan fingerprint density at radius 2 is 2.00 bits per heavy atom. The minimum atomic E-state index is -0.757. The Balaban J connectivity index is 2.26. The standard InChI is InChI=1S/C11H14O3/c1-9(2)10(3)4-5-6(7(10)12)11(5,9)8(13)14/h5-6H,4H2,1-3H3,(H,13,14)/t5-,6-,10+,11+/m1/s1. The molecule has 0 unspecified atom stereocenters. The molecular formula is C11H14O3. The molecule has 1 N–H and O–H groups in total. The van der Waals surface area contributed by atoms with Gasteiger partial charge in [0, 0.05) is 11.3 Å². The Hall–Kier alpha value is -0.860. The molecule has 0 aromatic rings. The van der Waals surface area contributed by atoms with Crippen molar-refractivity contribution >= 4 is 11.8 Å². The zero-order valence-corrected chi connectivity index (χ0v) is 8.63. The van der Waals surface area contributed by atoms with E-state index in [-0.39, 0.29) is 28.4 Å². The molecule has 4 atom stereocenters. The Kier molecular flexibility index (Phi) is 1.00.